The largest absolute Gasteiger partial charge is 0.481 e. The van der Waals surface area contributed by atoms with E-state index < -0.39 is 16.0 Å². The Balaban J connectivity index is 1.54. The molecule has 9 heteroatoms. The Labute approximate surface area is 207 Å². The zero-order valence-corrected chi connectivity index (χ0v) is 19.8. The molecule has 8 nitrogen and oxygen atoms in total. The first-order valence-corrected chi connectivity index (χ1v) is 12.6. The van der Waals surface area contributed by atoms with Crippen LogP contribution in [0.25, 0.3) is 22.0 Å². The Morgan fingerprint density at radius 3 is 2.47 bits per heavy atom. The van der Waals surface area contributed by atoms with Gasteiger partial charge in [-0.25, -0.2) is 17.4 Å². The Kier molecular flexibility index (Phi) is 6.22. The molecule has 5 rings (SSSR count). The number of aryl methyl sites for hydroxylation is 1. The van der Waals surface area contributed by atoms with Crippen molar-refractivity contribution in [2.75, 3.05) is 0 Å². The number of para-hydroxylation sites is 1. The molecular formula is C27H21N3O5S. The molecule has 0 atom stereocenters. The lowest BCUT2D eigenvalue weighted by atomic mass is 10.0. The van der Waals surface area contributed by atoms with Crippen molar-refractivity contribution < 1.29 is 23.1 Å². The zero-order valence-electron chi connectivity index (χ0n) is 19.0. The third-order valence-electron chi connectivity index (χ3n) is 5.69. The number of carboxylic acids is 1. The molecule has 5 aromatic rings. The normalized spacial score (nSPS) is 11.4. The van der Waals surface area contributed by atoms with Crippen LogP contribution >= 0.6 is 0 Å². The van der Waals surface area contributed by atoms with Crippen molar-refractivity contribution in [1.82, 2.24) is 13.9 Å². The average Bonchev–Trinajstić information content (AvgIpc) is 3.28. The van der Waals surface area contributed by atoms with Crippen LogP contribution in [0.2, 0.25) is 0 Å². The van der Waals surface area contributed by atoms with Crippen LogP contribution < -0.4 is 4.74 Å². The second kappa shape index (κ2) is 9.63. The highest BCUT2D eigenvalue weighted by molar-refractivity contribution is 7.90. The summed E-state index contributed by atoms with van der Waals surface area (Å²) in [5, 5.41) is 9.87. The predicted octanol–water partition coefficient (Wildman–Crippen LogP) is 5.14. The third-order valence-corrected chi connectivity index (χ3v) is 7.34. The van der Waals surface area contributed by atoms with Crippen LogP contribution in [0.15, 0.2) is 102 Å². The van der Waals surface area contributed by atoms with E-state index in [2.05, 4.69) is 9.97 Å². The summed E-state index contributed by atoms with van der Waals surface area (Å²) in [4.78, 5) is 19.5. The maximum atomic E-state index is 13.6. The number of carbonyl (C=O) groups is 1. The van der Waals surface area contributed by atoms with Gasteiger partial charge in [0.15, 0.2) is 0 Å². The lowest BCUT2D eigenvalue weighted by Gasteiger charge is -2.09. The molecule has 0 bridgehead atoms. The fourth-order valence-corrected chi connectivity index (χ4v) is 5.26. The van der Waals surface area contributed by atoms with Crippen molar-refractivity contribution in [3.63, 3.8) is 0 Å². The molecule has 0 aliphatic heterocycles. The summed E-state index contributed by atoms with van der Waals surface area (Å²) in [7, 11) is -4.01. The first kappa shape index (κ1) is 23.3. The van der Waals surface area contributed by atoms with E-state index in [1.54, 1.807) is 30.6 Å². The van der Waals surface area contributed by atoms with Crippen LogP contribution in [0.5, 0.6) is 11.6 Å². The number of rotatable bonds is 8. The maximum absolute atomic E-state index is 13.6. The molecule has 0 spiro atoms. The molecule has 2 aromatic carbocycles. The standard InChI is InChI=1S/C27H21N3O5S/c31-27(32)13-9-21-18-30(25-11-8-19(15-24(21)25)20-5-4-14-28-16-20)36(33,34)23-10-12-26(29-17-23)35-22-6-2-1-3-7-22/h1-8,10-12,14-18H,9,13H2,(H,31,32). The van der Waals surface area contributed by atoms with Gasteiger partial charge in [0.1, 0.15) is 10.6 Å². The predicted molar refractivity (Wildman–Crippen MR) is 134 cm³/mol. The summed E-state index contributed by atoms with van der Waals surface area (Å²) < 4.78 is 34.0. The van der Waals surface area contributed by atoms with Gasteiger partial charge in [-0.15, -0.1) is 0 Å². The number of hydrogen-bond acceptors (Lipinski definition) is 6. The number of pyridine rings is 2. The van der Waals surface area contributed by atoms with E-state index in [0.29, 0.717) is 22.2 Å². The van der Waals surface area contributed by atoms with Crippen molar-refractivity contribution in [1.29, 1.82) is 0 Å². The van der Waals surface area contributed by atoms with Gasteiger partial charge in [-0.3, -0.25) is 9.78 Å². The Morgan fingerprint density at radius 1 is 0.944 bits per heavy atom. The fraction of sp³-hybridized carbons (Fsp3) is 0.0741. The van der Waals surface area contributed by atoms with Crippen molar-refractivity contribution >= 4 is 26.9 Å². The molecular weight excluding hydrogens is 478 g/mol. The molecule has 0 fully saturated rings. The number of fused-ring (bicyclic) bond motifs is 1. The topological polar surface area (TPSA) is 111 Å². The first-order valence-electron chi connectivity index (χ1n) is 11.1. The minimum atomic E-state index is -4.01. The fourth-order valence-electron chi connectivity index (χ4n) is 3.92. The molecule has 0 radical (unpaired) electrons. The van der Waals surface area contributed by atoms with E-state index in [0.717, 1.165) is 11.1 Å². The van der Waals surface area contributed by atoms with Crippen molar-refractivity contribution in [2.45, 2.75) is 17.7 Å². The summed E-state index contributed by atoms with van der Waals surface area (Å²) in [5.74, 6) is -0.106. The van der Waals surface area contributed by atoms with Crippen LogP contribution in [0.3, 0.4) is 0 Å². The summed E-state index contributed by atoms with van der Waals surface area (Å²) >= 11 is 0. The molecule has 0 saturated carbocycles. The van der Waals surface area contributed by atoms with E-state index in [-0.39, 0.29) is 23.6 Å². The first-order chi connectivity index (χ1) is 17.4. The van der Waals surface area contributed by atoms with Gasteiger partial charge in [0.25, 0.3) is 10.0 Å². The van der Waals surface area contributed by atoms with Gasteiger partial charge < -0.3 is 9.84 Å². The molecule has 1 N–H and O–H groups in total. The molecule has 180 valence electrons. The second-order valence-corrected chi connectivity index (χ2v) is 9.88. The van der Waals surface area contributed by atoms with Gasteiger partial charge in [0.05, 0.1) is 11.7 Å². The quantitative estimate of drug-likeness (QED) is 0.314. The summed E-state index contributed by atoms with van der Waals surface area (Å²) in [6.45, 7) is 0. The van der Waals surface area contributed by atoms with E-state index >= 15 is 0 Å². The van der Waals surface area contributed by atoms with Gasteiger partial charge >= 0.3 is 5.97 Å². The van der Waals surface area contributed by atoms with Crippen LogP contribution in [0.4, 0.5) is 0 Å². The Bertz CT molecular complexity index is 1630. The number of aromatic nitrogens is 3. The lowest BCUT2D eigenvalue weighted by Crippen LogP contribution is -2.12. The van der Waals surface area contributed by atoms with Gasteiger partial charge in [0.2, 0.25) is 5.88 Å². The highest BCUT2D eigenvalue weighted by Crippen LogP contribution is 2.31. The smallest absolute Gasteiger partial charge is 0.303 e. The van der Waals surface area contributed by atoms with E-state index in [1.807, 2.05) is 42.5 Å². The highest BCUT2D eigenvalue weighted by atomic mass is 32.2. The number of aliphatic carboxylic acids is 1. The summed E-state index contributed by atoms with van der Waals surface area (Å²) in [6, 6.07) is 21.1. The Morgan fingerprint density at radius 2 is 1.78 bits per heavy atom. The molecule has 0 aliphatic carbocycles. The Hall–Kier alpha value is -4.50. The zero-order chi connectivity index (χ0) is 25.1. The minimum Gasteiger partial charge on any atom is -0.481 e. The molecule has 36 heavy (non-hydrogen) atoms. The average molecular weight is 500 g/mol. The number of carboxylic acid groups (broad SMARTS) is 1. The minimum absolute atomic E-state index is 0.0130. The van der Waals surface area contributed by atoms with Crippen LogP contribution in [-0.2, 0) is 21.2 Å². The molecule has 0 unspecified atom stereocenters. The van der Waals surface area contributed by atoms with E-state index in [9.17, 15) is 18.3 Å². The maximum Gasteiger partial charge on any atom is 0.303 e. The van der Waals surface area contributed by atoms with Crippen LogP contribution in [0, 0.1) is 0 Å². The van der Waals surface area contributed by atoms with Gasteiger partial charge in [-0.1, -0.05) is 30.3 Å². The molecule has 0 amide bonds. The van der Waals surface area contributed by atoms with Crippen LogP contribution in [-0.4, -0.2) is 33.4 Å². The SMILES string of the molecule is O=C(O)CCc1cn(S(=O)(=O)c2ccc(Oc3ccccc3)nc2)c2ccc(-c3cccnc3)cc12. The van der Waals surface area contributed by atoms with Gasteiger partial charge in [-0.05, 0) is 53.9 Å². The number of nitrogens with zero attached hydrogens (tertiary/aromatic N) is 3. The van der Waals surface area contributed by atoms with E-state index in [1.165, 1.54) is 28.5 Å². The van der Waals surface area contributed by atoms with Crippen molar-refractivity contribution in [2.24, 2.45) is 0 Å². The lowest BCUT2D eigenvalue weighted by molar-refractivity contribution is -0.136. The second-order valence-electron chi connectivity index (χ2n) is 8.07. The van der Waals surface area contributed by atoms with Gasteiger partial charge in [0, 0.05) is 42.0 Å². The molecule has 3 aromatic heterocycles. The molecule has 0 saturated heterocycles. The number of benzene rings is 2. The number of hydrogen-bond donors (Lipinski definition) is 1. The molecule has 0 aliphatic rings. The highest BCUT2D eigenvalue weighted by Gasteiger charge is 2.22. The van der Waals surface area contributed by atoms with Crippen molar-refractivity contribution in [3.8, 4) is 22.8 Å². The van der Waals surface area contributed by atoms with Crippen LogP contribution in [0.1, 0.15) is 12.0 Å². The molecule has 3 heterocycles. The summed E-state index contributed by atoms with van der Waals surface area (Å²) in [6.07, 6.45) is 6.20. The number of ether oxygens (including phenoxy) is 1. The van der Waals surface area contributed by atoms with Gasteiger partial charge in [-0.2, -0.15) is 0 Å². The van der Waals surface area contributed by atoms with E-state index in [4.69, 9.17) is 4.74 Å². The third kappa shape index (κ3) is 4.69. The summed E-state index contributed by atoms with van der Waals surface area (Å²) in [5.41, 5.74) is 2.80. The monoisotopic (exact) mass is 499 g/mol. The van der Waals surface area contributed by atoms with Crippen molar-refractivity contribution in [3.05, 3.63) is 103 Å².